The first kappa shape index (κ1) is 9.56. The van der Waals surface area contributed by atoms with Gasteiger partial charge in [0.25, 0.3) is 0 Å². The zero-order chi connectivity index (χ0) is 9.19. The van der Waals surface area contributed by atoms with E-state index >= 15 is 0 Å². The minimum absolute atomic E-state index is 0.222. The highest BCUT2D eigenvalue weighted by Gasteiger charge is 2.22. The van der Waals surface area contributed by atoms with Crippen molar-refractivity contribution in [3.05, 3.63) is 0 Å². The van der Waals surface area contributed by atoms with Crippen molar-refractivity contribution in [1.29, 1.82) is 0 Å². The van der Waals surface area contributed by atoms with Crippen LogP contribution < -0.4 is 5.32 Å². The number of rotatable bonds is 1. The molecule has 1 aliphatic heterocycles. The molecule has 0 saturated carbocycles. The normalized spacial score (nSPS) is 25.2. The monoisotopic (exact) mass is 169 g/mol. The molecule has 1 fully saturated rings. The van der Waals surface area contributed by atoms with Gasteiger partial charge in [-0.15, -0.1) is 0 Å². The van der Waals surface area contributed by atoms with E-state index in [1.807, 2.05) is 0 Å². The first-order valence-electron chi connectivity index (χ1n) is 4.74. The number of nitrogens with one attached hydrogen (secondary N) is 1. The third-order valence-corrected chi connectivity index (χ3v) is 2.27. The molecule has 1 heterocycles. The molecule has 0 aromatic rings. The van der Waals surface area contributed by atoms with Crippen LogP contribution in [0.1, 0.15) is 40.0 Å². The number of hydrogen-bond donors (Lipinski definition) is 1. The molecule has 1 saturated heterocycles. The highest BCUT2D eigenvalue weighted by atomic mass is 16.1. The molecule has 1 unspecified atom stereocenters. The second-order valence-corrected chi connectivity index (χ2v) is 4.97. The number of amides is 1. The predicted molar refractivity (Wildman–Crippen MR) is 49.8 cm³/mol. The minimum atomic E-state index is 0.222. The van der Waals surface area contributed by atoms with E-state index in [2.05, 4.69) is 26.1 Å². The SMILES string of the molecule is CC(C)(C)CC1CCC(=O)NC1. The van der Waals surface area contributed by atoms with E-state index in [1.165, 1.54) is 6.42 Å². The molecular formula is C10H19NO. The van der Waals surface area contributed by atoms with Gasteiger partial charge in [0.05, 0.1) is 0 Å². The zero-order valence-corrected chi connectivity index (χ0v) is 8.31. The molecule has 70 valence electrons. The quantitative estimate of drug-likeness (QED) is 0.638. The van der Waals surface area contributed by atoms with Gasteiger partial charge in [-0.3, -0.25) is 4.79 Å². The van der Waals surface area contributed by atoms with Gasteiger partial charge in [-0.25, -0.2) is 0 Å². The van der Waals surface area contributed by atoms with Gasteiger partial charge in [0.1, 0.15) is 0 Å². The standard InChI is InChI=1S/C10H19NO/c1-10(2,3)6-8-4-5-9(12)11-7-8/h8H,4-7H2,1-3H3,(H,11,12). The Morgan fingerprint density at radius 3 is 2.58 bits per heavy atom. The van der Waals surface area contributed by atoms with E-state index in [1.54, 1.807) is 0 Å². The summed E-state index contributed by atoms with van der Waals surface area (Å²) in [6.07, 6.45) is 3.01. The van der Waals surface area contributed by atoms with Crippen LogP contribution in [-0.2, 0) is 4.79 Å². The second kappa shape index (κ2) is 3.46. The fourth-order valence-corrected chi connectivity index (χ4v) is 1.82. The largest absolute Gasteiger partial charge is 0.356 e. The molecule has 0 aromatic heterocycles. The Morgan fingerprint density at radius 2 is 2.17 bits per heavy atom. The summed E-state index contributed by atoms with van der Waals surface area (Å²) in [6, 6.07) is 0. The first-order chi connectivity index (χ1) is 5.47. The lowest BCUT2D eigenvalue weighted by Crippen LogP contribution is -2.36. The van der Waals surface area contributed by atoms with Gasteiger partial charge in [-0.1, -0.05) is 20.8 Å². The molecule has 1 atom stereocenters. The third kappa shape index (κ3) is 3.24. The van der Waals surface area contributed by atoms with Crippen LogP contribution >= 0.6 is 0 Å². The second-order valence-electron chi connectivity index (χ2n) is 4.97. The van der Waals surface area contributed by atoms with Crippen LogP contribution in [0.2, 0.25) is 0 Å². The summed E-state index contributed by atoms with van der Waals surface area (Å²) in [4.78, 5) is 10.9. The van der Waals surface area contributed by atoms with Crippen molar-refractivity contribution in [2.24, 2.45) is 11.3 Å². The topological polar surface area (TPSA) is 29.1 Å². The van der Waals surface area contributed by atoms with Gasteiger partial charge in [-0.2, -0.15) is 0 Å². The number of carbonyl (C=O) groups excluding carboxylic acids is 1. The Balaban J connectivity index is 2.31. The van der Waals surface area contributed by atoms with Crippen molar-refractivity contribution >= 4 is 5.91 Å². The van der Waals surface area contributed by atoms with Crippen LogP contribution in [0.3, 0.4) is 0 Å². The summed E-state index contributed by atoms with van der Waals surface area (Å²) in [7, 11) is 0. The van der Waals surface area contributed by atoms with Crippen molar-refractivity contribution in [3.8, 4) is 0 Å². The number of piperidine rings is 1. The van der Waals surface area contributed by atoms with E-state index in [-0.39, 0.29) is 5.91 Å². The summed E-state index contributed by atoms with van der Waals surface area (Å²) in [6.45, 7) is 7.65. The number of hydrogen-bond acceptors (Lipinski definition) is 1. The van der Waals surface area contributed by atoms with Crippen molar-refractivity contribution in [1.82, 2.24) is 5.32 Å². The molecular weight excluding hydrogens is 150 g/mol. The Morgan fingerprint density at radius 1 is 1.50 bits per heavy atom. The summed E-state index contributed by atoms with van der Waals surface area (Å²) >= 11 is 0. The van der Waals surface area contributed by atoms with Gasteiger partial charge in [0, 0.05) is 13.0 Å². The molecule has 1 amide bonds. The highest BCUT2D eigenvalue weighted by molar-refractivity contribution is 5.76. The average molecular weight is 169 g/mol. The summed E-state index contributed by atoms with van der Waals surface area (Å²) in [5.41, 5.74) is 0.396. The van der Waals surface area contributed by atoms with Crippen molar-refractivity contribution in [3.63, 3.8) is 0 Å². The minimum Gasteiger partial charge on any atom is -0.356 e. The molecule has 0 bridgehead atoms. The van der Waals surface area contributed by atoms with Crippen molar-refractivity contribution < 1.29 is 4.79 Å². The van der Waals surface area contributed by atoms with Crippen LogP contribution in [0.5, 0.6) is 0 Å². The van der Waals surface area contributed by atoms with Crippen LogP contribution in [0, 0.1) is 11.3 Å². The Labute approximate surface area is 74.7 Å². The maximum atomic E-state index is 10.9. The first-order valence-corrected chi connectivity index (χ1v) is 4.74. The van der Waals surface area contributed by atoms with Crippen LogP contribution in [0.4, 0.5) is 0 Å². The molecule has 0 radical (unpaired) electrons. The maximum absolute atomic E-state index is 10.9. The predicted octanol–water partition coefficient (Wildman–Crippen LogP) is 1.95. The van der Waals surface area contributed by atoms with Gasteiger partial charge in [0.15, 0.2) is 0 Å². The lowest BCUT2D eigenvalue weighted by Gasteiger charge is -2.28. The molecule has 2 heteroatoms. The molecule has 0 aromatic carbocycles. The lowest BCUT2D eigenvalue weighted by molar-refractivity contribution is -0.123. The molecule has 12 heavy (non-hydrogen) atoms. The fraction of sp³-hybridized carbons (Fsp3) is 0.900. The molecule has 0 spiro atoms. The molecule has 1 rings (SSSR count). The zero-order valence-electron chi connectivity index (χ0n) is 8.31. The van der Waals surface area contributed by atoms with Gasteiger partial charge < -0.3 is 5.32 Å². The van der Waals surface area contributed by atoms with E-state index in [0.717, 1.165) is 19.4 Å². The maximum Gasteiger partial charge on any atom is 0.220 e. The van der Waals surface area contributed by atoms with Crippen molar-refractivity contribution in [2.45, 2.75) is 40.0 Å². The smallest absolute Gasteiger partial charge is 0.220 e. The van der Waals surface area contributed by atoms with E-state index in [0.29, 0.717) is 11.3 Å². The third-order valence-electron chi connectivity index (χ3n) is 2.27. The van der Waals surface area contributed by atoms with Crippen LogP contribution in [0.25, 0.3) is 0 Å². The van der Waals surface area contributed by atoms with Gasteiger partial charge >= 0.3 is 0 Å². The molecule has 2 nitrogen and oxygen atoms in total. The fourth-order valence-electron chi connectivity index (χ4n) is 1.82. The molecule has 1 aliphatic rings. The van der Waals surface area contributed by atoms with E-state index in [9.17, 15) is 4.79 Å². The lowest BCUT2D eigenvalue weighted by atomic mass is 9.81. The highest BCUT2D eigenvalue weighted by Crippen LogP contribution is 2.27. The van der Waals surface area contributed by atoms with E-state index in [4.69, 9.17) is 0 Å². The Hall–Kier alpha value is -0.530. The van der Waals surface area contributed by atoms with Gasteiger partial charge in [-0.05, 0) is 24.2 Å². The summed E-state index contributed by atoms with van der Waals surface area (Å²) in [5, 5.41) is 2.92. The molecule has 0 aliphatic carbocycles. The average Bonchev–Trinajstić information content (AvgIpc) is 1.91. The van der Waals surface area contributed by atoms with Crippen LogP contribution in [-0.4, -0.2) is 12.5 Å². The molecule has 1 N–H and O–H groups in total. The summed E-state index contributed by atoms with van der Waals surface area (Å²) in [5.74, 6) is 0.919. The summed E-state index contributed by atoms with van der Waals surface area (Å²) < 4.78 is 0. The number of carbonyl (C=O) groups is 1. The van der Waals surface area contributed by atoms with Gasteiger partial charge in [0.2, 0.25) is 5.91 Å². The van der Waals surface area contributed by atoms with E-state index < -0.39 is 0 Å². The Kier molecular flexibility index (Phi) is 2.76. The Bertz CT molecular complexity index is 159. The van der Waals surface area contributed by atoms with Crippen molar-refractivity contribution in [2.75, 3.05) is 6.54 Å². The van der Waals surface area contributed by atoms with Crippen LogP contribution in [0.15, 0.2) is 0 Å².